The summed E-state index contributed by atoms with van der Waals surface area (Å²) in [4.78, 5) is 49.0. The van der Waals surface area contributed by atoms with Gasteiger partial charge < -0.3 is 9.47 Å². The normalized spacial score (nSPS) is 12.4. The van der Waals surface area contributed by atoms with Crippen molar-refractivity contribution in [1.29, 1.82) is 0 Å². The molecule has 42 heavy (non-hydrogen) atoms. The van der Waals surface area contributed by atoms with E-state index in [4.69, 9.17) is 0 Å². The zero-order valence-corrected chi connectivity index (χ0v) is 19.7. The standard InChI is InChI=1S/C19H10F8N4O11/c20-16(21,18(24,25)11-3-1-9(28(33)34)5-13(11)30(37)38)7-41-15(32)42-8-17(22,23)19(26,27)12-4-2-10(29(35)36)6-14(12)31(39)40/h1-6H,7-8H2. The van der Waals surface area contributed by atoms with Crippen LogP contribution in [0, 0.1) is 40.5 Å². The lowest BCUT2D eigenvalue weighted by Crippen LogP contribution is -2.44. The fourth-order valence-corrected chi connectivity index (χ4v) is 3.02. The van der Waals surface area contributed by atoms with Crippen molar-refractivity contribution in [2.75, 3.05) is 13.2 Å². The smallest absolute Gasteiger partial charge is 0.428 e. The summed E-state index contributed by atoms with van der Waals surface area (Å²) in [5.74, 6) is -22.4. The third-order valence-electron chi connectivity index (χ3n) is 5.12. The Morgan fingerprint density at radius 1 is 0.595 bits per heavy atom. The average molecular weight is 622 g/mol. The molecule has 0 aliphatic rings. The Bertz CT molecular complexity index is 1350. The van der Waals surface area contributed by atoms with E-state index in [2.05, 4.69) is 9.47 Å². The number of ether oxygens (including phenoxy) is 2. The van der Waals surface area contributed by atoms with Crippen LogP contribution in [0.25, 0.3) is 0 Å². The van der Waals surface area contributed by atoms with E-state index in [1.807, 2.05) is 0 Å². The summed E-state index contributed by atoms with van der Waals surface area (Å²) in [5.41, 5.74) is -10.1. The summed E-state index contributed by atoms with van der Waals surface area (Å²) in [6.07, 6.45) is -2.67. The predicted molar refractivity (Wildman–Crippen MR) is 114 cm³/mol. The maximum atomic E-state index is 14.5. The fraction of sp³-hybridized carbons (Fsp3) is 0.316. The Kier molecular flexibility index (Phi) is 8.88. The highest BCUT2D eigenvalue weighted by Crippen LogP contribution is 2.48. The number of non-ortho nitro benzene ring substituents is 2. The molecule has 0 heterocycles. The topological polar surface area (TPSA) is 208 Å². The summed E-state index contributed by atoms with van der Waals surface area (Å²) in [6, 6.07) is 0.0704. The molecule has 2 aromatic rings. The van der Waals surface area contributed by atoms with E-state index >= 15 is 0 Å². The lowest BCUT2D eigenvalue weighted by atomic mass is 10.00. The first kappa shape index (κ1) is 33.0. The van der Waals surface area contributed by atoms with Crippen molar-refractivity contribution >= 4 is 28.9 Å². The number of nitrogens with zero attached hydrogens (tertiary/aromatic N) is 4. The molecule has 2 rings (SSSR count). The zero-order chi connectivity index (χ0) is 32.4. The summed E-state index contributed by atoms with van der Waals surface area (Å²) in [5, 5.41) is 43.4. The van der Waals surface area contributed by atoms with Gasteiger partial charge in [-0.1, -0.05) is 0 Å². The number of halogens is 8. The number of rotatable bonds is 12. The summed E-state index contributed by atoms with van der Waals surface area (Å²) >= 11 is 0. The molecule has 0 N–H and O–H groups in total. The Labute approximate surface area is 223 Å². The van der Waals surface area contributed by atoms with Crippen molar-refractivity contribution in [2.24, 2.45) is 0 Å². The van der Waals surface area contributed by atoms with Crippen LogP contribution in [0.15, 0.2) is 36.4 Å². The second-order valence-electron chi connectivity index (χ2n) is 7.82. The first-order valence-electron chi connectivity index (χ1n) is 10.2. The Morgan fingerprint density at radius 3 is 1.17 bits per heavy atom. The molecule has 15 nitrogen and oxygen atoms in total. The van der Waals surface area contributed by atoms with E-state index in [-0.39, 0.29) is 36.4 Å². The Balaban J connectivity index is 2.21. The van der Waals surface area contributed by atoms with Gasteiger partial charge in [0.1, 0.15) is 11.1 Å². The molecule has 0 amide bonds. The van der Waals surface area contributed by atoms with Crippen molar-refractivity contribution in [1.82, 2.24) is 0 Å². The molecule has 23 heteroatoms. The lowest BCUT2D eigenvalue weighted by molar-refractivity contribution is -0.396. The van der Waals surface area contributed by atoms with Crippen molar-refractivity contribution < 1.29 is 69.1 Å². The number of nitro groups is 4. The highest BCUT2D eigenvalue weighted by atomic mass is 19.3. The number of benzene rings is 2. The van der Waals surface area contributed by atoms with Crippen molar-refractivity contribution in [2.45, 2.75) is 23.7 Å². The van der Waals surface area contributed by atoms with Crippen LogP contribution in [0.4, 0.5) is 62.7 Å². The van der Waals surface area contributed by atoms with Crippen LogP contribution >= 0.6 is 0 Å². The molecule has 0 aliphatic carbocycles. The van der Waals surface area contributed by atoms with E-state index < -0.39 is 96.6 Å². The molecule has 2 aromatic carbocycles. The molecule has 0 radical (unpaired) electrons. The monoisotopic (exact) mass is 622 g/mol. The van der Waals surface area contributed by atoms with Gasteiger partial charge in [0, 0.05) is 12.1 Å². The second kappa shape index (κ2) is 11.3. The molecule has 0 aromatic heterocycles. The van der Waals surface area contributed by atoms with E-state index in [1.165, 1.54) is 0 Å². The number of carbonyl (C=O) groups excluding carboxylic acids is 1. The minimum Gasteiger partial charge on any atom is -0.428 e. The van der Waals surface area contributed by atoms with Crippen molar-refractivity contribution in [3.63, 3.8) is 0 Å². The summed E-state index contributed by atoms with van der Waals surface area (Å²) < 4.78 is 122. The molecular weight excluding hydrogens is 612 g/mol. The number of hydrogen-bond acceptors (Lipinski definition) is 11. The highest BCUT2D eigenvalue weighted by Gasteiger charge is 2.62. The Hall–Kier alpha value is -5.25. The number of carbonyl (C=O) groups is 1. The first-order chi connectivity index (χ1) is 19.1. The zero-order valence-electron chi connectivity index (χ0n) is 19.7. The average Bonchev–Trinajstić information content (AvgIpc) is 2.89. The van der Waals surface area contributed by atoms with Crippen LogP contribution in [-0.2, 0) is 21.3 Å². The molecule has 0 aliphatic heterocycles. The van der Waals surface area contributed by atoms with Crippen LogP contribution in [0.3, 0.4) is 0 Å². The third-order valence-corrected chi connectivity index (χ3v) is 5.12. The van der Waals surface area contributed by atoms with Gasteiger partial charge in [-0.2, -0.15) is 35.1 Å². The third kappa shape index (κ3) is 6.38. The van der Waals surface area contributed by atoms with Crippen molar-refractivity contribution in [3.8, 4) is 0 Å². The van der Waals surface area contributed by atoms with Gasteiger partial charge in [0.2, 0.25) is 0 Å². The minimum atomic E-state index is -5.60. The molecule has 228 valence electrons. The molecule has 0 saturated heterocycles. The molecule has 0 bridgehead atoms. The maximum Gasteiger partial charge on any atom is 0.508 e. The van der Waals surface area contributed by atoms with Gasteiger partial charge in [-0.15, -0.1) is 0 Å². The Morgan fingerprint density at radius 2 is 0.905 bits per heavy atom. The summed E-state index contributed by atoms with van der Waals surface area (Å²) in [7, 11) is 0. The molecule has 0 atom stereocenters. The quantitative estimate of drug-likeness (QED) is 0.123. The minimum absolute atomic E-state index is 0.0774. The number of hydrogen-bond donors (Lipinski definition) is 0. The van der Waals surface area contributed by atoms with Crippen LogP contribution in [-0.4, -0.2) is 50.9 Å². The predicted octanol–water partition coefficient (Wildman–Crippen LogP) is 5.63. The van der Waals surface area contributed by atoms with Crippen molar-refractivity contribution in [3.05, 3.63) is 88.0 Å². The van der Waals surface area contributed by atoms with Gasteiger partial charge >= 0.3 is 29.8 Å². The van der Waals surface area contributed by atoms with Crippen LogP contribution in [0.1, 0.15) is 11.1 Å². The fourth-order valence-electron chi connectivity index (χ4n) is 3.02. The molecule has 0 spiro atoms. The SMILES string of the molecule is O=C(OCC(F)(F)C(F)(F)c1ccc([N+](=O)[O-])cc1[N+](=O)[O-])OCC(F)(F)C(F)(F)c1ccc([N+](=O)[O-])cc1[N+](=O)[O-]. The van der Waals surface area contributed by atoms with Gasteiger partial charge in [-0.3, -0.25) is 40.5 Å². The molecule has 0 saturated carbocycles. The lowest BCUT2D eigenvalue weighted by Gasteiger charge is -2.27. The highest BCUT2D eigenvalue weighted by molar-refractivity contribution is 5.60. The molecular formula is C19H10F8N4O11. The van der Waals surface area contributed by atoms with Gasteiger partial charge in [0.05, 0.1) is 31.8 Å². The maximum absolute atomic E-state index is 14.5. The number of nitro benzene ring substituents is 4. The van der Waals surface area contributed by atoms with Crippen LogP contribution in [0.5, 0.6) is 0 Å². The van der Waals surface area contributed by atoms with Crippen LogP contribution < -0.4 is 0 Å². The van der Waals surface area contributed by atoms with E-state index in [1.54, 1.807) is 0 Å². The first-order valence-corrected chi connectivity index (χ1v) is 10.2. The van der Waals surface area contributed by atoms with Gasteiger partial charge in [0.15, 0.2) is 13.2 Å². The van der Waals surface area contributed by atoms with E-state index in [9.17, 15) is 80.4 Å². The van der Waals surface area contributed by atoms with Gasteiger partial charge in [-0.05, 0) is 12.1 Å². The van der Waals surface area contributed by atoms with Gasteiger partial charge in [-0.25, -0.2) is 4.79 Å². The molecule has 0 fully saturated rings. The summed E-state index contributed by atoms with van der Waals surface area (Å²) in [6.45, 7) is -5.49. The molecule has 0 unspecified atom stereocenters. The number of alkyl halides is 8. The van der Waals surface area contributed by atoms with E-state index in [0.717, 1.165) is 0 Å². The van der Waals surface area contributed by atoms with Gasteiger partial charge in [0.25, 0.3) is 22.7 Å². The van der Waals surface area contributed by atoms with Crippen LogP contribution in [0.2, 0.25) is 0 Å². The van der Waals surface area contributed by atoms with E-state index in [0.29, 0.717) is 0 Å². The largest absolute Gasteiger partial charge is 0.508 e. The second-order valence-corrected chi connectivity index (χ2v) is 7.82.